The van der Waals surface area contributed by atoms with Crippen molar-refractivity contribution < 1.29 is 19.2 Å². The van der Waals surface area contributed by atoms with Gasteiger partial charge in [0.15, 0.2) is 0 Å². The molecule has 1 atom stereocenters. The van der Waals surface area contributed by atoms with Gasteiger partial charge < -0.3 is 14.5 Å². The number of carbonyl (C=O) groups is 2. The maximum Gasteiger partial charge on any atom is 0.305 e. The molecule has 1 aromatic heterocycles. The molecular weight excluding hydrogens is 304 g/mol. The highest BCUT2D eigenvalue weighted by molar-refractivity contribution is 7.99. The molecule has 1 saturated heterocycles. The standard InChI is InChI=1S/C15H22N2O4S/c1-3-10(4-2)12-8-13(21-16-12)15(20)17-5-6-22-9-11(17)7-14(18)19/h8,10-11H,3-7,9H2,1-2H3,(H,18,19). The lowest BCUT2D eigenvalue weighted by atomic mass is 9.99. The number of aromatic nitrogens is 1. The van der Waals surface area contributed by atoms with Crippen molar-refractivity contribution in [3.63, 3.8) is 0 Å². The molecule has 1 aromatic rings. The van der Waals surface area contributed by atoms with Crippen LogP contribution >= 0.6 is 11.8 Å². The van der Waals surface area contributed by atoms with Crippen molar-refractivity contribution >= 4 is 23.6 Å². The zero-order valence-electron chi connectivity index (χ0n) is 12.9. The fourth-order valence-electron chi connectivity index (χ4n) is 2.72. The number of carboxylic acids is 1. The zero-order chi connectivity index (χ0) is 16.1. The molecule has 1 amide bonds. The number of amides is 1. The third-order valence-corrected chi connectivity index (χ3v) is 5.13. The van der Waals surface area contributed by atoms with Crippen LogP contribution < -0.4 is 0 Å². The quantitative estimate of drug-likeness (QED) is 0.865. The molecule has 0 bridgehead atoms. The average molecular weight is 326 g/mol. The van der Waals surface area contributed by atoms with Crippen molar-refractivity contribution in [2.75, 3.05) is 18.1 Å². The van der Waals surface area contributed by atoms with Crippen LogP contribution in [0.15, 0.2) is 10.6 Å². The number of carboxylic acid groups (broad SMARTS) is 1. The molecule has 7 heteroatoms. The van der Waals surface area contributed by atoms with E-state index in [0.717, 1.165) is 24.3 Å². The Morgan fingerprint density at radius 1 is 1.50 bits per heavy atom. The van der Waals surface area contributed by atoms with Gasteiger partial charge in [0.2, 0.25) is 5.76 Å². The minimum atomic E-state index is -0.888. The lowest BCUT2D eigenvalue weighted by Crippen LogP contribution is -2.47. The summed E-state index contributed by atoms with van der Waals surface area (Å²) in [4.78, 5) is 25.2. The highest BCUT2D eigenvalue weighted by Gasteiger charge is 2.31. The fraction of sp³-hybridized carbons (Fsp3) is 0.667. The van der Waals surface area contributed by atoms with Gasteiger partial charge in [-0.15, -0.1) is 0 Å². The van der Waals surface area contributed by atoms with Gasteiger partial charge in [-0.05, 0) is 12.8 Å². The Balaban J connectivity index is 2.13. The van der Waals surface area contributed by atoms with Crippen LogP contribution in [-0.4, -0.2) is 51.1 Å². The molecule has 0 aromatic carbocycles. The predicted molar refractivity (Wildman–Crippen MR) is 84.2 cm³/mol. The van der Waals surface area contributed by atoms with Crippen molar-refractivity contribution in [2.24, 2.45) is 0 Å². The summed E-state index contributed by atoms with van der Waals surface area (Å²) in [6.45, 7) is 4.70. The van der Waals surface area contributed by atoms with Crippen molar-refractivity contribution in [3.05, 3.63) is 17.5 Å². The molecule has 0 saturated carbocycles. The summed E-state index contributed by atoms with van der Waals surface area (Å²) in [5, 5.41) is 13.0. The van der Waals surface area contributed by atoms with Crippen LogP contribution in [0.4, 0.5) is 0 Å². The average Bonchev–Trinajstić information content (AvgIpc) is 2.97. The molecule has 1 aliphatic rings. The van der Waals surface area contributed by atoms with E-state index >= 15 is 0 Å². The summed E-state index contributed by atoms with van der Waals surface area (Å²) in [6.07, 6.45) is 1.85. The van der Waals surface area contributed by atoms with E-state index in [2.05, 4.69) is 19.0 Å². The van der Waals surface area contributed by atoms with Crippen molar-refractivity contribution in [1.82, 2.24) is 10.1 Å². The third kappa shape index (κ3) is 3.82. The second-order valence-corrected chi connectivity index (χ2v) is 6.60. The van der Waals surface area contributed by atoms with Gasteiger partial charge in [-0.3, -0.25) is 9.59 Å². The van der Waals surface area contributed by atoms with Gasteiger partial charge >= 0.3 is 5.97 Å². The molecular formula is C15H22N2O4S. The van der Waals surface area contributed by atoms with E-state index in [1.807, 2.05) is 0 Å². The number of thioether (sulfide) groups is 1. The summed E-state index contributed by atoms with van der Waals surface area (Å²) in [5.41, 5.74) is 0.800. The Labute approximate surface area is 134 Å². The maximum absolute atomic E-state index is 12.6. The predicted octanol–water partition coefficient (Wildman–Crippen LogP) is 2.61. The van der Waals surface area contributed by atoms with Gasteiger partial charge in [-0.1, -0.05) is 19.0 Å². The van der Waals surface area contributed by atoms with Gasteiger partial charge in [-0.2, -0.15) is 11.8 Å². The molecule has 0 spiro atoms. The third-order valence-electron chi connectivity index (χ3n) is 4.04. The van der Waals surface area contributed by atoms with E-state index < -0.39 is 5.97 Å². The van der Waals surface area contributed by atoms with Gasteiger partial charge in [0, 0.05) is 30.0 Å². The lowest BCUT2D eigenvalue weighted by Gasteiger charge is -2.33. The summed E-state index contributed by atoms with van der Waals surface area (Å²) in [6, 6.07) is 1.42. The molecule has 0 radical (unpaired) electrons. The summed E-state index contributed by atoms with van der Waals surface area (Å²) in [5.74, 6) is 0.819. The molecule has 122 valence electrons. The molecule has 1 N–H and O–H groups in total. The van der Waals surface area contributed by atoms with Gasteiger partial charge in [0.05, 0.1) is 18.2 Å². The van der Waals surface area contributed by atoms with Crippen LogP contribution in [-0.2, 0) is 4.79 Å². The molecule has 1 unspecified atom stereocenters. The van der Waals surface area contributed by atoms with E-state index in [1.54, 1.807) is 22.7 Å². The first kappa shape index (κ1) is 16.9. The smallest absolute Gasteiger partial charge is 0.305 e. The number of nitrogens with zero attached hydrogens (tertiary/aromatic N) is 2. The molecule has 2 rings (SSSR count). The van der Waals surface area contributed by atoms with Crippen LogP contribution in [0.2, 0.25) is 0 Å². The SMILES string of the molecule is CCC(CC)c1cc(C(=O)N2CCSCC2CC(=O)O)on1. The van der Waals surface area contributed by atoms with Crippen LogP contribution in [0.1, 0.15) is 55.3 Å². The highest BCUT2D eigenvalue weighted by Crippen LogP contribution is 2.25. The Hall–Kier alpha value is -1.50. The molecule has 1 fully saturated rings. The molecule has 6 nitrogen and oxygen atoms in total. The first-order valence-corrected chi connectivity index (χ1v) is 8.79. The van der Waals surface area contributed by atoms with Crippen LogP contribution in [0, 0.1) is 0 Å². The van der Waals surface area contributed by atoms with Crippen molar-refractivity contribution in [1.29, 1.82) is 0 Å². The van der Waals surface area contributed by atoms with Crippen LogP contribution in [0.3, 0.4) is 0 Å². The fourth-order valence-corrected chi connectivity index (χ4v) is 3.79. The van der Waals surface area contributed by atoms with Gasteiger partial charge in [0.1, 0.15) is 0 Å². The van der Waals surface area contributed by atoms with Crippen LogP contribution in [0.25, 0.3) is 0 Å². The van der Waals surface area contributed by atoms with E-state index in [1.165, 1.54) is 0 Å². The first-order chi connectivity index (χ1) is 10.6. The van der Waals surface area contributed by atoms with Gasteiger partial charge in [-0.25, -0.2) is 0 Å². The Kier molecular flexibility index (Phi) is 5.88. The van der Waals surface area contributed by atoms with E-state index in [0.29, 0.717) is 12.3 Å². The number of aliphatic carboxylic acids is 1. The zero-order valence-corrected chi connectivity index (χ0v) is 13.8. The lowest BCUT2D eigenvalue weighted by molar-refractivity contribution is -0.138. The van der Waals surface area contributed by atoms with Crippen molar-refractivity contribution in [2.45, 2.75) is 45.1 Å². The van der Waals surface area contributed by atoms with E-state index in [-0.39, 0.29) is 30.0 Å². The molecule has 2 heterocycles. The molecule has 1 aliphatic heterocycles. The summed E-state index contributed by atoms with van der Waals surface area (Å²) < 4.78 is 5.22. The topological polar surface area (TPSA) is 83.6 Å². The van der Waals surface area contributed by atoms with E-state index in [9.17, 15) is 9.59 Å². The minimum absolute atomic E-state index is 0.0354. The Bertz CT molecular complexity index is 527. The molecule has 22 heavy (non-hydrogen) atoms. The normalized spacial score (nSPS) is 18.7. The largest absolute Gasteiger partial charge is 0.481 e. The number of hydrogen-bond donors (Lipinski definition) is 1. The number of carbonyl (C=O) groups excluding carboxylic acids is 1. The monoisotopic (exact) mass is 326 g/mol. The van der Waals surface area contributed by atoms with E-state index in [4.69, 9.17) is 9.63 Å². The summed E-state index contributed by atoms with van der Waals surface area (Å²) in [7, 11) is 0. The summed E-state index contributed by atoms with van der Waals surface area (Å²) >= 11 is 1.68. The Morgan fingerprint density at radius 3 is 2.86 bits per heavy atom. The van der Waals surface area contributed by atoms with Crippen LogP contribution in [0.5, 0.6) is 0 Å². The number of hydrogen-bond acceptors (Lipinski definition) is 5. The maximum atomic E-state index is 12.6. The highest BCUT2D eigenvalue weighted by atomic mass is 32.2. The second-order valence-electron chi connectivity index (χ2n) is 5.45. The molecule has 0 aliphatic carbocycles. The second kappa shape index (κ2) is 7.67. The first-order valence-electron chi connectivity index (χ1n) is 7.63. The Morgan fingerprint density at radius 2 is 2.23 bits per heavy atom. The van der Waals surface area contributed by atoms with Gasteiger partial charge in [0.25, 0.3) is 5.91 Å². The number of rotatable bonds is 6. The minimum Gasteiger partial charge on any atom is -0.481 e. The van der Waals surface area contributed by atoms with Crippen molar-refractivity contribution in [3.8, 4) is 0 Å².